The Kier molecular flexibility index (Phi) is 4.52. The molecule has 1 saturated heterocycles. The van der Waals surface area contributed by atoms with Crippen LogP contribution in [0.5, 0.6) is 0 Å². The molecular formula is C18H26N6O2. The number of likely N-dealkylation sites (tertiary alicyclic amines) is 1. The quantitative estimate of drug-likeness (QED) is 0.832. The number of fused-ring (bicyclic) bond motifs is 1. The van der Waals surface area contributed by atoms with Gasteiger partial charge in [-0.25, -0.2) is 0 Å². The lowest BCUT2D eigenvalue weighted by Crippen LogP contribution is -2.40. The van der Waals surface area contributed by atoms with Crippen molar-refractivity contribution in [2.45, 2.75) is 51.9 Å². The minimum absolute atomic E-state index is 0.0603. The van der Waals surface area contributed by atoms with E-state index in [0.29, 0.717) is 5.92 Å². The summed E-state index contributed by atoms with van der Waals surface area (Å²) in [5, 5.41) is 12.5. The van der Waals surface area contributed by atoms with E-state index in [1.165, 1.54) is 0 Å². The monoisotopic (exact) mass is 358 g/mol. The number of rotatable bonds is 3. The van der Waals surface area contributed by atoms with Crippen LogP contribution in [0.15, 0.2) is 12.4 Å². The van der Waals surface area contributed by atoms with Crippen LogP contribution in [0.3, 0.4) is 0 Å². The highest BCUT2D eigenvalue weighted by Crippen LogP contribution is 2.32. The van der Waals surface area contributed by atoms with Gasteiger partial charge in [-0.3, -0.25) is 14.2 Å². The number of hydrogen-bond donors (Lipinski definition) is 0. The number of hydrogen-bond acceptors (Lipinski definition) is 5. The molecule has 0 N–H and O–H groups in total. The third-order valence-electron chi connectivity index (χ3n) is 5.51. The summed E-state index contributed by atoms with van der Waals surface area (Å²) in [4.78, 5) is 15.2. The maximum atomic E-state index is 13.2. The minimum atomic E-state index is -0.0603. The molecule has 26 heavy (non-hydrogen) atoms. The molecule has 0 bridgehead atoms. The van der Waals surface area contributed by atoms with Crippen LogP contribution in [-0.4, -0.2) is 54.8 Å². The average Bonchev–Trinajstić information content (AvgIpc) is 3.22. The van der Waals surface area contributed by atoms with Crippen LogP contribution in [0.2, 0.25) is 0 Å². The number of carbonyl (C=O) groups excluding carboxylic acids is 1. The molecule has 2 aliphatic heterocycles. The molecule has 0 saturated carbocycles. The Morgan fingerprint density at radius 2 is 2.08 bits per heavy atom. The summed E-state index contributed by atoms with van der Waals surface area (Å²) >= 11 is 0. The van der Waals surface area contributed by atoms with Crippen LogP contribution in [0.25, 0.3) is 0 Å². The molecule has 4 rings (SSSR count). The molecule has 2 aromatic rings. The second-order valence-corrected chi connectivity index (χ2v) is 7.49. The summed E-state index contributed by atoms with van der Waals surface area (Å²) in [5.41, 5.74) is 2.71. The molecule has 0 aromatic carbocycles. The molecule has 0 unspecified atom stereocenters. The Balaban J connectivity index is 1.46. The Hall–Kier alpha value is -2.22. The molecule has 2 aliphatic rings. The van der Waals surface area contributed by atoms with E-state index in [2.05, 4.69) is 22.3 Å². The van der Waals surface area contributed by atoms with E-state index in [1.54, 1.807) is 10.9 Å². The van der Waals surface area contributed by atoms with Crippen molar-refractivity contribution in [3.8, 4) is 0 Å². The fourth-order valence-electron chi connectivity index (χ4n) is 4.20. The number of aryl methyl sites for hydroxylation is 1. The Morgan fingerprint density at radius 3 is 2.77 bits per heavy atom. The number of amides is 1. The summed E-state index contributed by atoms with van der Waals surface area (Å²) in [6.45, 7) is 6.48. The molecule has 4 heterocycles. The first-order valence-electron chi connectivity index (χ1n) is 9.37. The second-order valence-electron chi connectivity index (χ2n) is 7.49. The van der Waals surface area contributed by atoms with E-state index in [9.17, 15) is 4.79 Å². The zero-order chi connectivity index (χ0) is 18.3. The Bertz CT molecular complexity index is 776. The van der Waals surface area contributed by atoms with Gasteiger partial charge in [-0.1, -0.05) is 5.21 Å². The zero-order valence-electron chi connectivity index (χ0n) is 15.6. The summed E-state index contributed by atoms with van der Waals surface area (Å²) in [6, 6.07) is 0. The van der Waals surface area contributed by atoms with Gasteiger partial charge in [-0.15, -0.1) is 5.10 Å². The van der Waals surface area contributed by atoms with Gasteiger partial charge >= 0.3 is 0 Å². The van der Waals surface area contributed by atoms with Crippen molar-refractivity contribution in [3.63, 3.8) is 0 Å². The highest BCUT2D eigenvalue weighted by atomic mass is 16.5. The van der Waals surface area contributed by atoms with Crippen molar-refractivity contribution >= 4 is 5.91 Å². The number of aromatic nitrogens is 5. The van der Waals surface area contributed by atoms with Crippen LogP contribution in [-0.2, 0) is 24.8 Å². The van der Waals surface area contributed by atoms with Crippen molar-refractivity contribution in [2.75, 3.05) is 13.1 Å². The summed E-state index contributed by atoms with van der Waals surface area (Å²) in [7, 11) is 1.86. The van der Waals surface area contributed by atoms with Crippen LogP contribution < -0.4 is 0 Å². The van der Waals surface area contributed by atoms with E-state index in [-0.39, 0.29) is 18.1 Å². The largest absolute Gasteiger partial charge is 0.369 e. The second kappa shape index (κ2) is 6.83. The van der Waals surface area contributed by atoms with Crippen LogP contribution >= 0.6 is 0 Å². The van der Waals surface area contributed by atoms with Gasteiger partial charge in [0.05, 0.1) is 24.1 Å². The lowest BCUT2D eigenvalue weighted by molar-refractivity contribution is -0.00715. The summed E-state index contributed by atoms with van der Waals surface area (Å²) < 4.78 is 9.48. The highest BCUT2D eigenvalue weighted by molar-refractivity contribution is 5.94. The number of piperidine rings is 1. The molecule has 140 valence electrons. The molecular weight excluding hydrogens is 332 g/mol. The maximum Gasteiger partial charge on any atom is 0.272 e. The lowest BCUT2D eigenvalue weighted by Gasteiger charge is -2.32. The van der Waals surface area contributed by atoms with Crippen LogP contribution in [0.1, 0.15) is 54.5 Å². The minimum Gasteiger partial charge on any atom is -0.369 e. The topological polar surface area (TPSA) is 78.1 Å². The molecule has 1 amide bonds. The zero-order valence-corrected chi connectivity index (χ0v) is 15.6. The van der Waals surface area contributed by atoms with Gasteiger partial charge in [0.25, 0.3) is 5.91 Å². The number of carbonyl (C=O) groups is 1. The Labute approximate surface area is 153 Å². The van der Waals surface area contributed by atoms with E-state index >= 15 is 0 Å². The van der Waals surface area contributed by atoms with Gasteiger partial charge in [-0.2, -0.15) is 5.10 Å². The standard InChI is InChI=1S/C18H26N6O2/c1-12-10-15-16(13(2)26-12)20-22(3)17(15)18(25)23-7-4-14(5-8-23)11-24-9-6-19-21-24/h6,9,12-14H,4-5,7-8,10-11H2,1-3H3/t12-,13+/m1/s1. The van der Waals surface area contributed by atoms with E-state index < -0.39 is 0 Å². The molecule has 2 aromatic heterocycles. The third-order valence-corrected chi connectivity index (χ3v) is 5.51. The van der Waals surface area contributed by atoms with Gasteiger partial charge in [-0.05, 0) is 32.6 Å². The van der Waals surface area contributed by atoms with Gasteiger partial charge in [0, 0.05) is 44.9 Å². The van der Waals surface area contributed by atoms with Crippen molar-refractivity contribution in [2.24, 2.45) is 13.0 Å². The van der Waals surface area contributed by atoms with Gasteiger partial charge < -0.3 is 9.64 Å². The first-order chi connectivity index (χ1) is 12.5. The SMILES string of the molecule is C[C@@H]1Cc2c(nn(C)c2C(=O)N2CCC(Cn3ccnn3)CC2)[C@H](C)O1. The normalized spacial score (nSPS) is 23.9. The highest BCUT2D eigenvalue weighted by Gasteiger charge is 2.34. The summed E-state index contributed by atoms with van der Waals surface area (Å²) in [6.07, 6.45) is 6.37. The molecule has 0 spiro atoms. The van der Waals surface area contributed by atoms with Crippen molar-refractivity contribution < 1.29 is 9.53 Å². The lowest BCUT2D eigenvalue weighted by atomic mass is 9.95. The molecule has 0 aliphatic carbocycles. The predicted octanol–water partition coefficient (Wildman–Crippen LogP) is 1.59. The predicted molar refractivity (Wildman–Crippen MR) is 94.5 cm³/mol. The molecule has 2 atom stereocenters. The van der Waals surface area contributed by atoms with Gasteiger partial charge in [0.15, 0.2) is 0 Å². The van der Waals surface area contributed by atoms with E-state index in [1.807, 2.05) is 29.7 Å². The molecule has 8 nitrogen and oxygen atoms in total. The van der Waals surface area contributed by atoms with E-state index in [0.717, 1.165) is 55.8 Å². The maximum absolute atomic E-state index is 13.2. The fourth-order valence-corrected chi connectivity index (χ4v) is 4.20. The molecule has 8 heteroatoms. The Morgan fingerprint density at radius 1 is 1.31 bits per heavy atom. The first kappa shape index (κ1) is 17.2. The van der Waals surface area contributed by atoms with Crippen molar-refractivity contribution in [3.05, 3.63) is 29.3 Å². The summed E-state index contributed by atoms with van der Waals surface area (Å²) in [5.74, 6) is 0.636. The van der Waals surface area contributed by atoms with Crippen molar-refractivity contribution in [1.82, 2.24) is 29.7 Å². The first-order valence-corrected chi connectivity index (χ1v) is 9.37. The van der Waals surface area contributed by atoms with Crippen molar-refractivity contribution in [1.29, 1.82) is 0 Å². The molecule has 0 radical (unpaired) electrons. The van der Waals surface area contributed by atoms with Gasteiger partial charge in [0.2, 0.25) is 0 Å². The number of ether oxygens (including phenoxy) is 1. The third kappa shape index (κ3) is 3.13. The number of nitrogens with zero attached hydrogens (tertiary/aromatic N) is 6. The van der Waals surface area contributed by atoms with E-state index in [4.69, 9.17) is 4.74 Å². The smallest absolute Gasteiger partial charge is 0.272 e. The van der Waals surface area contributed by atoms with Crippen LogP contribution in [0, 0.1) is 5.92 Å². The van der Waals surface area contributed by atoms with Crippen LogP contribution in [0.4, 0.5) is 0 Å². The van der Waals surface area contributed by atoms with Gasteiger partial charge in [0.1, 0.15) is 5.69 Å². The fraction of sp³-hybridized carbons (Fsp3) is 0.667. The molecule has 1 fully saturated rings. The average molecular weight is 358 g/mol.